The summed E-state index contributed by atoms with van der Waals surface area (Å²) < 4.78 is 0. The fraction of sp³-hybridized carbons (Fsp3) is 0.385. The highest BCUT2D eigenvalue weighted by atomic mass is 16.4. The SMILES string of the molecule is Cc1cccc(NC(=O)CC(C)(C)N)c1C(=O)O. The first kappa shape index (κ1) is 14.2. The molecule has 0 spiro atoms. The van der Waals surface area contributed by atoms with Crippen molar-refractivity contribution in [1.82, 2.24) is 0 Å². The number of rotatable bonds is 4. The summed E-state index contributed by atoms with van der Waals surface area (Å²) in [6, 6.07) is 4.95. The number of hydrogen-bond acceptors (Lipinski definition) is 3. The van der Waals surface area contributed by atoms with Gasteiger partial charge in [-0.1, -0.05) is 12.1 Å². The lowest BCUT2D eigenvalue weighted by Crippen LogP contribution is -2.36. The molecule has 0 saturated carbocycles. The standard InChI is InChI=1S/C13H18N2O3/c1-8-5-4-6-9(11(8)12(17)18)15-10(16)7-13(2,3)14/h4-6H,7,14H2,1-3H3,(H,15,16)(H,17,18). The van der Waals surface area contributed by atoms with Crippen LogP contribution in [0, 0.1) is 6.92 Å². The molecule has 0 fully saturated rings. The molecule has 0 bridgehead atoms. The Labute approximate surface area is 106 Å². The number of carboxylic acid groups (broad SMARTS) is 1. The summed E-state index contributed by atoms with van der Waals surface area (Å²) in [7, 11) is 0. The van der Waals surface area contributed by atoms with Gasteiger partial charge < -0.3 is 16.2 Å². The third kappa shape index (κ3) is 3.85. The Morgan fingerprint density at radius 2 is 2.00 bits per heavy atom. The second-order valence-electron chi connectivity index (χ2n) is 5.02. The number of aromatic carboxylic acids is 1. The van der Waals surface area contributed by atoms with Crippen LogP contribution in [0.3, 0.4) is 0 Å². The Morgan fingerprint density at radius 1 is 1.39 bits per heavy atom. The van der Waals surface area contributed by atoms with Crippen molar-refractivity contribution in [3.8, 4) is 0 Å². The van der Waals surface area contributed by atoms with E-state index < -0.39 is 11.5 Å². The molecule has 1 amide bonds. The van der Waals surface area contributed by atoms with Crippen molar-refractivity contribution in [1.29, 1.82) is 0 Å². The van der Waals surface area contributed by atoms with Crippen molar-refractivity contribution < 1.29 is 14.7 Å². The molecule has 5 heteroatoms. The van der Waals surface area contributed by atoms with Gasteiger partial charge in [0.05, 0.1) is 11.3 Å². The molecule has 5 nitrogen and oxygen atoms in total. The highest BCUT2D eigenvalue weighted by Gasteiger charge is 2.19. The topological polar surface area (TPSA) is 92.4 Å². The van der Waals surface area contributed by atoms with Crippen molar-refractivity contribution in [3.63, 3.8) is 0 Å². The molecular weight excluding hydrogens is 232 g/mol. The van der Waals surface area contributed by atoms with E-state index in [-0.39, 0.29) is 17.9 Å². The van der Waals surface area contributed by atoms with Crippen LogP contribution in [0.15, 0.2) is 18.2 Å². The number of hydrogen-bond donors (Lipinski definition) is 3. The second kappa shape index (κ2) is 5.18. The molecule has 0 aromatic heterocycles. The van der Waals surface area contributed by atoms with Crippen LogP contribution < -0.4 is 11.1 Å². The predicted octanol–water partition coefficient (Wildman–Crippen LogP) is 1.76. The summed E-state index contributed by atoms with van der Waals surface area (Å²) in [4.78, 5) is 22.9. The summed E-state index contributed by atoms with van der Waals surface area (Å²) in [6.45, 7) is 5.16. The molecule has 0 heterocycles. The van der Waals surface area contributed by atoms with Gasteiger partial charge in [-0.25, -0.2) is 4.79 Å². The Kier molecular flexibility index (Phi) is 4.08. The van der Waals surface area contributed by atoms with Gasteiger partial charge in [0.2, 0.25) is 5.91 Å². The summed E-state index contributed by atoms with van der Waals surface area (Å²) in [5, 5.41) is 11.7. The number of aryl methyl sites for hydroxylation is 1. The maximum atomic E-state index is 11.7. The van der Waals surface area contributed by atoms with Gasteiger partial charge in [-0.15, -0.1) is 0 Å². The number of anilines is 1. The van der Waals surface area contributed by atoms with Gasteiger partial charge in [-0.3, -0.25) is 4.79 Å². The Morgan fingerprint density at radius 3 is 2.50 bits per heavy atom. The van der Waals surface area contributed by atoms with E-state index >= 15 is 0 Å². The van der Waals surface area contributed by atoms with E-state index in [9.17, 15) is 9.59 Å². The zero-order valence-electron chi connectivity index (χ0n) is 10.8. The first-order valence-electron chi connectivity index (χ1n) is 5.62. The summed E-state index contributed by atoms with van der Waals surface area (Å²) >= 11 is 0. The monoisotopic (exact) mass is 250 g/mol. The Balaban J connectivity index is 2.95. The van der Waals surface area contributed by atoms with E-state index in [1.807, 2.05) is 0 Å². The van der Waals surface area contributed by atoms with Gasteiger partial charge in [0.1, 0.15) is 0 Å². The smallest absolute Gasteiger partial charge is 0.338 e. The van der Waals surface area contributed by atoms with Crippen molar-refractivity contribution in [2.45, 2.75) is 32.7 Å². The molecule has 1 aromatic carbocycles. The molecule has 1 aromatic rings. The van der Waals surface area contributed by atoms with E-state index in [1.54, 1.807) is 39.0 Å². The fourth-order valence-electron chi connectivity index (χ4n) is 1.66. The predicted molar refractivity (Wildman–Crippen MR) is 69.7 cm³/mol. The molecule has 0 unspecified atom stereocenters. The van der Waals surface area contributed by atoms with Crippen molar-refractivity contribution in [2.75, 3.05) is 5.32 Å². The van der Waals surface area contributed by atoms with Gasteiger partial charge >= 0.3 is 5.97 Å². The highest BCUT2D eigenvalue weighted by molar-refractivity contribution is 6.01. The second-order valence-corrected chi connectivity index (χ2v) is 5.02. The number of carbonyl (C=O) groups is 2. The molecule has 18 heavy (non-hydrogen) atoms. The van der Waals surface area contributed by atoms with Gasteiger partial charge in [0.15, 0.2) is 0 Å². The van der Waals surface area contributed by atoms with Gasteiger partial charge in [-0.2, -0.15) is 0 Å². The van der Waals surface area contributed by atoms with E-state index in [0.717, 1.165) is 0 Å². The lowest BCUT2D eigenvalue weighted by atomic mass is 10.0. The molecule has 4 N–H and O–H groups in total. The average molecular weight is 250 g/mol. The van der Waals surface area contributed by atoms with Crippen molar-refractivity contribution >= 4 is 17.6 Å². The molecule has 0 aliphatic heterocycles. The number of carbonyl (C=O) groups excluding carboxylic acids is 1. The molecule has 0 saturated heterocycles. The third-order valence-corrected chi connectivity index (χ3v) is 2.38. The average Bonchev–Trinajstić information content (AvgIpc) is 2.13. The van der Waals surface area contributed by atoms with E-state index in [4.69, 9.17) is 10.8 Å². The van der Waals surface area contributed by atoms with E-state index in [0.29, 0.717) is 11.3 Å². The third-order valence-electron chi connectivity index (χ3n) is 2.38. The van der Waals surface area contributed by atoms with Crippen molar-refractivity contribution in [3.05, 3.63) is 29.3 Å². The van der Waals surface area contributed by atoms with Crippen molar-refractivity contribution in [2.24, 2.45) is 5.73 Å². The normalized spacial score (nSPS) is 11.1. The van der Waals surface area contributed by atoms with Crippen LogP contribution >= 0.6 is 0 Å². The van der Waals surface area contributed by atoms with Crippen LogP contribution in [-0.2, 0) is 4.79 Å². The van der Waals surface area contributed by atoms with Crippen LogP contribution in [-0.4, -0.2) is 22.5 Å². The van der Waals surface area contributed by atoms with Crippen LogP contribution in [0.1, 0.15) is 36.2 Å². The minimum atomic E-state index is -1.06. The van der Waals surface area contributed by atoms with Crippen LogP contribution in [0.25, 0.3) is 0 Å². The van der Waals surface area contributed by atoms with Gasteiger partial charge in [-0.05, 0) is 32.4 Å². The largest absolute Gasteiger partial charge is 0.478 e. The summed E-state index contributed by atoms with van der Waals surface area (Å²) in [5.41, 5.74) is 6.13. The fourth-order valence-corrected chi connectivity index (χ4v) is 1.66. The number of benzene rings is 1. The maximum absolute atomic E-state index is 11.7. The molecule has 1 rings (SSSR count). The van der Waals surface area contributed by atoms with Gasteiger partial charge in [0, 0.05) is 12.0 Å². The number of nitrogens with two attached hydrogens (primary N) is 1. The molecule has 0 radical (unpaired) electrons. The zero-order valence-corrected chi connectivity index (χ0v) is 10.8. The molecule has 0 aliphatic rings. The Hall–Kier alpha value is -1.88. The minimum Gasteiger partial charge on any atom is -0.478 e. The van der Waals surface area contributed by atoms with E-state index in [2.05, 4.69) is 5.32 Å². The first-order chi connectivity index (χ1) is 8.20. The molecule has 0 atom stereocenters. The first-order valence-corrected chi connectivity index (χ1v) is 5.62. The van der Waals surface area contributed by atoms with Crippen LogP contribution in [0.4, 0.5) is 5.69 Å². The highest BCUT2D eigenvalue weighted by Crippen LogP contribution is 2.20. The lowest BCUT2D eigenvalue weighted by molar-refractivity contribution is -0.117. The zero-order chi connectivity index (χ0) is 13.9. The van der Waals surface area contributed by atoms with E-state index in [1.165, 1.54) is 0 Å². The number of nitrogens with one attached hydrogen (secondary N) is 1. The molecular formula is C13H18N2O3. The lowest BCUT2D eigenvalue weighted by Gasteiger charge is -2.18. The molecule has 98 valence electrons. The number of amides is 1. The summed E-state index contributed by atoms with van der Waals surface area (Å²) in [5.74, 6) is -1.36. The minimum absolute atomic E-state index is 0.112. The quantitative estimate of drug-likeness (QED) is 0.759. The summed E-state index contributed by atoms with van der Waals surface area (Å²) in [6.07, 6.45) is 0.125. The maximum Gasteiger partial charge on any atom is 0.338 e. The van der Waals surface area contributed by atoms with Gasteiger partial charge in [0.25, 0.3) is 0 Å². The van der Waals surface area contributed by atoms with Crippen LogP contribution in [0.5, 0.6) is 0 Å². The van der Waals surface area contributed by atoms with Crippen LogP contribution in [0.2, 0.25) is 0 Å². The number of carboxylic acids is 1. The Bertz CT molecular complexity index is 476. The molecule has 0 aliphatic carbocycles.